The van der Waals surface area contributed by atoms with E-state index in [1.165, 1.54) is 0 Å². The summed E-state index contributed by atoms with van der Waals surface area (Å²) < 4.78 is 11.2. The Morgan fingerprint density at radius 3 is 2.68 bits per heavy atom. The highest BCUT2D eigenvalue weighted by Crippen LogP contribution is 2.26. The summed E-state index contributed by atoms with van der Waals surface area (Å²) in [4.78, 5) is 17.3. The van der Waals surface area contributed by atoms with Gasteiger partial charge in [-0.15, -0.1) is 0 Å². The maximum Gasteiger partial charge on any atom is 0.254 e. The first-order valence-corrected chi connectivity index (χ1v) is 9.78. The van der Waals surface area contributed by atoms with Gasteiger partial charge in [0, 0.05) is 31.7 Å². The van der Waals surface area contributed by atoms with E-state index in [4.69, 9.17) is 9.47 Å². The molecule has 0 radical (unpaired) electrons. The molecular weight excluding hydrogens is 356 g/mol. The van der Waals surface area contributed by atoms with E-state index >= 15 is 0 Å². The minimum Gasteiger partial charge on any atom is -0.508 e. The summed E-state index contributed by atoms with van der Waals surface area (Å²) in [5.41, 5.74) is 2.74. The first-order chi connectivity index (χ1) is 13.7. The monoisotopic (exact) mass is 382 g/mol. The van der Waals surface area contributed by atoms with Gasteiger partial charge in [-0.3, -0.25) is 9.69 Å². The number of hydrogen-bond donors (Lipinski definition) is 1. The summed E-state index contributed by atoms with van der Waals surface area (Å²) in [6, 6.07) is 14.9. The molecule has 28 heavy (non-hydrogen) atoms. The maximum atomic E-state index is 13.1. The van der Waals surface area contributed by atoms with Crippen molar-refractivity contribution in [1.82, 2.24) is 9.80 Å². The van der Waals surface area contributed by atoms with Crippen LogP contribution in [0.25, 0.3) is 0 Å². The summed E-state index contributed by atoms with van der Waals surface area (Å²) in [6.45, 7) is 5.75. The van der Waals surface area contributed by atoms with Crippen LogP contribution in [0.4, 0.5) is 0 Å². The Hall–Kier alpha value is -2.41. The fourth-order valence-electron chi connectivity index (χ4n) is 3.76. The highest BCUT2D eigenvalue weighted by molar-refractivity contribution is 5.94. The van der Waals surface area contributed by atoms with Gasteiger partial charge >= 0.3 is 0 Å². The van der Waals surface area contributed by atoms with Crippen molar-refractivity contribution in [3.8, 4) is 5.75 Å². The fraction of sp³-hybridized carbons (Fsp3) is 0.409. The molecule has 6 heteroatoms. The molecule has 1 N–H and O–H groups in total. The fourth-order valence-corrected chi connectivity index (χ4v) is 3.76. The second-order valence-electron chi connectivity index (χ2n) is 7.29. The van der Waals surface area contributed by atoms with E-state index in [2.05, 4.69) is 11.0 Å². The largest absolute Gasteiger partial charge is 0.508 e. The van der Waals surface area contributed by atoms with Crippen molar-refractivity contribution in [3.63, 3.8) is 0 Å². The molecule has 2 aromatic carbocycles. The minimum atomic E-state index is -0.221. The number of phenolic OH excluding ortho intramolecular Hbond substituents is 1. The maximum absolute atomic E-state index is 13.1. The molecule has 148 valence electrons. The van der Waals surface area contributed by atoms with Crippen LogP contribution < -0.4 is 0 Å². The quantitative estimate of drug-likeness (QED) is 0.880. The lowest BCUT2D eigenvalue weighted by molar-refractivity contribution is -0.0228. The van der Waals surface area contributed by atoms with Crippen LogP contribution in [-0.4, -0.2) is 66.8 Å². The van der Waals surface area contributed by atoms with E-state index in [9.17, 15) is 9.90 Å². The van der Waals surface area contributed by atoms with Crippen LogP contribution in [-0.2, 0) is 16.0 Å². The third kappa shape index (κ3) is 4.52. The van der Waals surface area contributed by atoms with Gasteiger partial charge in [-0.25, -0.2) is 0 Å². The molecule has 2 saturated heterocycles. The number of amides is 1. The van der Waals surface area contributed by atoms with Gasteiger partial charge in [-0.1, -0.05) is 24.3 Å². The average Bonchev–Trinajstić information content (AvgIpc) is 2.74. The predicted octanol–water partition coefficient (Wildman–Crippen LogP) is 2.44. The van der Waals surface area contributed by atoms with E-state index in [0.717, 1.165) is 44.0 Å². The molecule has 0 aliphatic carbocycles. The number of carbonyl (C=O) groups is 1. The predicted molar refractivity (Wildman–Crippen MR) is 105 cm³/mol. The van der Waals surface area contributed by atoms with Crippen LogP contribution in [0.1, 0.15) is 27.6 Å². The molecular formula is C22H26N2O4. The van der Waals surface area contributed by atoms with E-state index in [-0.39, 0.29) is 17.8 Å². The number of rotatable bonds is 4. The van der Waals surface area contributed by atoms with Crippen LogP contribution in [0, 0.1) is 0 Å². The van der Waals surface area contributed by atoms with Crippen LogP contribution in [0.15, 0.2) is 48.5 Å². The van der Waals surface area contributed by atoms with E-state index < -0.39 is 0 Å². The standard InChI is InChI=1S/C22H26N2O4/c25-20-6-2-4-18(14-20)21-16-24(9-12-28-21)22(26)19-5-1-3-17(13-19)15-23-7-10-27-11-8-23/h1-6,13-14,21,25H,7-12,15-16H2. The van der Waals surface area contributed by atoms with Crippen LogP contribution >= 0.6 is 0 Å². The summed E-state index contributed by atoms with van der Waals surface area (Å²) in [6.07, 6.45) is -0.221. The molecule has 2 aliphatic rings. The Bertz CT molecular complexity index is 820. The second kappa shape index (κ2) is 8.73. The van der Waals surface area contributed by atoms with Crippen LogP contribution in [0.5, 0.6) is 5.75 Å². The molecule has 0 aromatic heterocycles. The van der Waals surface area contributed by atoms with Crippen molar-refractivity contribution in [1.29, 1.82) is 0 Å². The average molecular weight is 382 g/mol. The van der Waals surface area contributed by atoms with Crippen molar-refractivity contribution in [2.24, 2.45) is 0 Å². The second-order valence-corrected chi connectivity index (χ2v) is 7.29. The summed E-state index contributed by atoms with van der Waals surface area (Å²) in [7, 11) is 0. The number of morpholine rings is 2. The Balaban J connectivity index is 1.44. The third-order valence-corrected chi connectivity index (χ3v) is 5.28. The zero-order chi connectivity index (χ0) is 19.3. The van der Waals surface area contributed by atoms with Gasteiger partial charge in [-0.05, 0) is 35.4 Å². The number of hydrogen-bond acceptors (Lipinski definition) is 5. The van der Waals surface area contributed by atoms with Crippen molar-refractivity contribution in [2.75, 3.05) is 46.0 Å². The van der Waals surface area contributed by atoms with Gasteiger partial charge < -0.3 is 19.5 Å². The summed E-state index contributed by atoms with van der Waals surface area (Å²) in [5.74, 6) is 0.234. The molecule has 1 unspecified atom stereocenters. The minimum absolute atomic E-state index is 0.0253. The van der Waals surface area contributed by atoms with E-state index in [1.807, 2.05) is 29.2 Å². The molecule has 1 amide bonds. The first-order valence-electron chi connectivity index (χ1n) is 9.78. The lowest BCUT2D eigenvalue weighted by Crippen LogP contribution is -2.42. The molecule has 1 atom stereocenters. The Morgan fingerprint density at radius 2 is 1.86 bits per heavy atom. The molecule has 0 spiro atoms. The molecule has 2 fully saturated rings. The number of benzene rings is 2. The molecule has 6 nitrogen and oxygen atoms in total. The van der Waals surface area contributed by atoms with Gasteiger partial charge in [-0.2, -0.15) is 0 Å². The molecule has 0 bridgehead atoms. The highest BCUT2D eigenvalue weighted by atomic mass is 16.5. The highest BCUT2D eigenvalue weighted by Gasteiger charge is 2.26. The molecule has 4 rings (SSSR count). The van der Waals surface area contributed by atoms with Crippen molar-refractivity contribution < 1.29 is 19.4 Å². The van der Waals surface area contributed by atoms with Gasteiger partial charge in [0.15, 0.2) is 0 Å². The number of carbonyl (C=O) groups excluding carboxylic acids is 1. The lowest BCUT2D eigenvalue weighted by Gasteiger charge is -2.33. The molecule has 2 heterocycles. The smallest absolute Gasteiger partial charge is 0.254 e. The first kappa shape index (κ1) is 18.9. The molecule has 2 aliphatic heterocycles. The number of phenols is 1. The Kier molecular flexibility index (Phi) is 5.90. The molecule has 2 aromatic rings. The Labute approximate surface area is 165 Å². The topological polar surface area (TPSA) is 62.2 Å². The third-order valence-electron chi connectivity index (χ3n) is 5.28. The van der Waals surface area contributed by atoms with Crippen LogP contribution in [0.2, 0.25) is 0 Å². The Morgan fingerprint density at radius 1 is 1.04 bits per heavy atom. The van der Waals surface area contributed by atoms with Gasteiger partial charge in [0.05, 0.1) is 26.4 Å². The van der Waals surface area contributed by atoms with E-state index in [1.54, 1.807) is 18.2 Å². The number of nitrogens with zero attached hydrogens (tertiary/aromatic N) is 2. The van der Waals surface area contributed by atoms with Crippen molar-refractivity contribution in [2.45, 2.75) is 12.6 Å². The summed E-state index contributed by atoms with van der Waals surface area (Å²) >= 11 is 0. The van der Waals surface area contributed by atoms with Gasteiger partial charge in [0.25, 0.3) is 5.91 Å². The van der Waals surface area contributed by atoms with Gasteiger partial charge in [0.2, 0.25) is 0 Å². The van der Waals surface area contributed by atoms with Crippen molar-refractivity contribution in [3.05, 3.63) is 65.2 Å². The number of aromatic hydroxyl groups is 1. The van der Waals surface area contributed by atoms with Crippen LogP contribution in [0.3, 0.4) is 0 Å². The number of ether oxygens (including phenoxy) is 2. The zero-order valence-electron chi connectivity index (χ0n) is 15.9. The SMILES string of the molecule is O=C(c1cccc(CN2CCOCC2)c1)N1CCOC(c2cccc(O)c2)C1. The summed E-state index contributed by atoms with van der Waals surface area (Å²) in [5, 5.41) is 9.71. The zero-order valence-corrected chi connectivity index (χ0v) is 15.9. The normalized spacial score (nSPS) is 20.9. The van der Waals surface area contributed by atoms with E-state index in [0.29, 0.717) is 25.3 Å². The van der Waals surface area contributed by atoms with Gasteiger partial charge in [0.1, 0.15) is 11.9 Å². The van der Waals surface area contributed by atoms with Crippen molar-refractivity contribution >= 4 is 5.91 Å². The molecule has 0 saturated carbocycles. The lowest BCUT2D eigenvalue weighted by atomic mass is 10.1.